The summed E-state index contributed by atoms with van der Waals surface area (Å²) in [6.45, 7) is 1.66. The van der Waals surface area contributed by atoms with E-state index in [9.17, 15) is 5.11 Å². The number of ether oxygens (including phenoxy) is 4. The van der Waals surface area contributed by atoms with Crippen molar-refractivity contribution in [1.29, 1.82) is 0 Å². The molecule has 0 radical (unpaired) electrons. The van der Waals surface area contributed by atoms with Gasteiger partial charge >= 0.3 is 0 Å². The van der Waals surface area contributed by atoms with E-state index in [-0.39, 0.29) is 12.5 Å². The van der Waals surface area contributed by atoms with E-state index in [1.165, 1.54) is 5.56 Å². The third kappa shape index (κ3) is 3.91. The lowest BCUT2D eigenvalue weighted by molar-refractivity contribution is 0.174. The number of likely N-dealkylation sites (N-methyl/N-ethyl adjacent to an activating group) is 1. The molecule has 2 aromatic rings. The number of methoxy groups -OCH3 is 2. The van der Waals surface area contributed by atoms with Crippen molar-refractivity contribution in [2.24, 2.45) is 0 Å². The molecule has 2 aromatic carbocycles. The Morgan fingerprint density at radius 1 is 1.04 bits per heavy atom. The van der Waals surface area contributed by atoms with E-state index in [0.29, 0.717) is 18.0 Å². The molecule has 6 nitrogen and oxygen atoms in total. The second-order valence-electron chi connectivity index (χ2n) is 6.01. The standard InChI is InChI=1S/C19H23NO5/c1-20(7-6-13-4-5-16(22-2)17(8-13)23-3)11-14-9-18-19(10-15(14)21)25-12-24-18/h4-5,8-10,21H,6-7,11-12H2,1-3H3. The van der Waals surface area contributed by atoms with Gasteiger partial charge in [0.25, 0.3) is 0 Å². The summed E-state index contributed by atoms with van der Waals surface area (Å²) in [7, 11) is 5.28. The zero-order valence-corrected chi connectivity index (χ0v) is 14.7. The lowest BCUT2D eigenvalue weighted by atomic mass is 10.1. The molecule has 0 bridgehead atoms. The fourth-order valence-electron chi connectivity index (χ4n) is 2.83. The summed E-state index contributed by atoms with van der Waals surface area (Å²) in [5, 5.41) is 10.1. The lowest BCUT2D eigenvalue weighted by Crippen LogP contribution is -2.20. The van der Waals surface area contributed by atoms with Crippen molar-refractivity contribution in [2.45, 2.75) is 13.0 Å². The number of nitrogens with zero attached hydrogens (tertiary/aromatic N) is 1. The van der Waals surface area contributed by atoms with E-state index in [1.54, 1.807) is 20.3 Å². The van der Waals surface area contributed by atoms with Crippen LogP contribution in [0.4, 0.5) is 0 Å². The summed E-state index contributed by atoms with van der Waals surface area (Å²) in [6.07, 6.45) is 0.863. The van der Waals surface area contributed by atoms with Crippen molar-refractivity contribution in [3.8, 4) is 28.7 Å². The van der Waals surface area contributed by atoms with Gasteiger partial charge in [-0.15, -0.1) is 0 Å². The van der Waals surface area contributed by atoms with Crippen molar-refractivity contribution in [3.05, 3.63) is 41.5 Å². The highest BCUT2D eigenvalue weighted by Crippen LogP contribution is 2.38. The Labute approximate surface area is 147 Å². The van der Waals surface area contributed by atoms with Crippen molar-refractivity contribution in [2.75, 3.05) is 34.6 Å². The van der Waals surface area contributed by atoms with E-state index >= 15 is 0 Å². The maximum Gasteiger partial charge on any atom is 0.231 e. The Hall–Kier alpha value is -2.60. The van der Waals surface area contributed by atoms with Crippen molar-refractivity contribution in [1.82, 2.24) is 4.90 Å². The number of fused-ring (bicyclic) bond motifs is 1. The molecule has 3 rings (SSSR count). The number of benzene rings is 2. The SMILES string of the molecule is COc1ccc(CCN(C)Cc2cc3c(cc2O)OCO3)cc1OC. The summed E-state index contributed by atoms with van der Waals surface area (Å²) < 4.78 is 21.2. The third-order valence-electron chi connectivity index (χ3n) is 4.24. The molecule has 0 atom stereocenters. The second-order valence-corrected chi connectivity index (χ2v) is 6.01. The average Bonchev–Trinajstić information content (AvgIpc) is 3.07. The smallest absolute Gasteiger partial charge is 0.231 e. The fraction of sp³-hybridized carbons (Fsp3) is 0.368. The van der Waals surface area contributed by atoms with Gasteiger partial charge in [-0.1, -0.05) is 6.07 Å². The van der Waals surface area contributed by atoms with Crippen LogP contribution < -0.4 is 18.9 Å². The van der Waals surface area contributed by atoms with Gasteiger partial charge < -0.3 is 29.0 Å². The maximum absolute atomic E-state index is 10.1. The minimum atomic E-state index is 0.202. The first kappa shape index (κ1) is 17.2. The third-order valence-corrected chi connectivity index (χ3v) is 4.24. The largest absolute Gasteiger partial charge is 0.507 e. The molecule has 0 amide bonds. The van der Waals surface area contributed by atoms with Gasteiger partial charge in [0, 0.05) is 24.7 Å². The van der Waals surface area contributed by atoms with E-state index in [2.05, 4.69) is 4.90 Å². The Kier molecular flexibility index (Phi) is 5.19. The van der Waals surface area contributed by atoms with Crippen molar-refractivity contribution in [3.63, 3.8) is 0 Å². The Morgan fingerprint density at radius 2 is 1.76 bits per heavy atom. The highest BCUT2D eigenvalue weighted by molar-refractivity contribution is 5.51. The Balaban J connectivity index is 1.61. The molecule has 134 valence electrons. The van der Waals surface area contributed by atoms with Gasteiger partial charge in [0.15, 0.2) is 23.0 Å². The molecule has 1 aliphatic heterocycles. The van der Waals surface area contributed by atoms with Gasteiger partial charge in [-0.25, -0.2) is 0 Å². The van der Waals surface area contributed by atoms with Gasteiger partial charge in [-0.2, -0.15) is 0 Å². The summed E-state index contributed by atoms with van der Waals surface area (Å²) in [5.41, 5.74) is 1.98. The Morgan fingerprint density at radius 3 is 2.48 bits per heavy atom. The van der Waals surface area contributed by atoms with Crippen LogP contribution in [0.15, 0.2) is 30.3 Å². The topological polar surface area (TPSA) is 60.4 Å². The molecule has 0 saturated carbocycles. The van der Waals surface area contributed by atoms with Crippen LogP contribution in [0.3, 0.4) is 0 Å². The number of phenolic OH excluding ortho intramolecular Hbond substituents is 1. The predicted molar refractivity (Wildman–Crippen MR) is 93.8 cm³/mol. The molecule has 0 aliphatic carbocycles. The molecule has 25 heavy (non-hydrogen) atoms. The first-order valence-corrected chi connectivity index (χ1v) is 8.11. The molecule has 0 saturated heterocycles. The first-order chi connectivity index (χ1) is 12.1. The molecule has 0 spiro atoms. The van der Waals surface area contributed by atoms with E-state index in [4.69, 9.17) is 18.9 Å². The maximum atomic E-state index is 10.1. The molecular weight excluding hydrogens is 322 g/mol. The number of phenols is 1. The fourth-order valence-corrected chi connectivity index (χ4v) is 2.83. The molecule has 0 aromatic heterocycles. The number of hydrogen-bond acceptors (Lipinski definition) is 6. The normalized spacial score (nSPS) is 12.5. The first-order valence-electron chi connectivity index (χ1n) is 8.11. The predicted octanol–water partition coefficient (Wildman–Crippen LogP) is 2.81. The van der Waals surface area contributed by atoms with Gasteiger partial charge in [-0.05, 0) is 37.2 Å². The van der Waals surface area contributed by atoms with E-state index in [1.807, 2.05) is 31.3 Å². The van der Waals surface area contributed by atoms with Gasteiger partial charge in [0.2, 0.25) is 6.79 Å². The molecule has 0 unspecified atom stereocenters. The summed E-state index contributed by atoms with van der Waals surface area (Å²) >= 11 is 0. The molecule has 1 heterocycles. The number of rotatable bonds is 7. The minimum Gasteiger partial charge on any atom is -0.507 e. The van der Waals surface area contributed by atoms with Gasteiger partial charge in [-0.3, -0.25) is 0 Å². The van der Waals surface area contributed by atoms with Crippen LogP contribution in [-0.4, -0.2) is 44.6 Å². The van der Waals surface area contributed by atoms with Crippen LogP contribution in [-0.2, 0) is 13.0 Å². The van der Waals surface area contributed by atoms with Gasteiger partial charge in [0.05, 0.1) is 14.2 Å². The molecular formula is C19H23NO5. The minimum absolute atomic E-state index is 0.202. The molecule has 6 heteroatoms. The zero-order chi connectivity index (χ0) is 17.8. The highest BCUT2D eigenvalue weighted by atomic mass is 16.7. The van der Waals surface area contributed by atoms with Crippen molar-refractivity contribution < 1.29 is 24.1 Å². The Bertz CT molecular complexity index is 747. The summed E-state index contributed by atoms with van der Waals surface area (Å²) in [6, 6.07) is 9.39. The van der Waals surface area contributed by atoms with E-state index < -0.39 is 0 Å². The van der Waals surface area contributed by atoms with Crippen LogP contribution in [0.5, 0.6) is 28.7 Å². The highest BCUT2D eigenvalue weighted by Gasteiger charge is 2.17. The van der Waals surface area contributed by atoms with E-state index in [0.717, 1.165) is 30.0 Å². The van der Waals surface area contributed by atoms with Crippen LogP contribution in [0.1, 0.15) is 11.1 Å². The molecule has 1 aliphatic rings. The van der Waals surface area contributed by atoms with Crippen LogP contribution in [0, 0.1) is 0 Å². The number of aromatic hydroxyl groups is 1. The van der Waals surface area contributed by atoms with Crippen molar-refractivity contribution >= 4 is 0 Å². The number of hydrogen-bond donors (Lipinski definition) is 1. The van der Waals surface area contributed by atoms with Crippen LogP contribution in [0.25, 0.3) is 0 Å². The summed E-state index contributed by atoms with van der Waals surface area (Å²) in [5.74, 6) is 2.96. The second kappa shape index (κ2) is 7.53. The monoisotopic (exact) mass is 345 g/mol. The van der Waals surface area contributed by atoms with Crippen LogP contribution >= 0.6 is 0 Å². The summed E-state index contributed by atoms with van der Waals surface area (Å²) in [4.78, 5) is 2.15. The molecule has 0 fully saturated rings. The lowest BCUT2D eigenvalue weighted by Gasteiger charge is -2.18. The average molecular weight is 345 g/mol. The van der Waals surface area contributed by atoms with Gasteiger partial charge in [0.1, 0.15) is 5.75 Å². The quantitative estimate of drug-likeness (QED) is 0.833. The van der Waals surface area contributed by atoms with Crippen LogP contribution in [0.2, 0.25) is 0 Å². The molecule has 1 N–H and O–H groups in total. The zero-order valence-electron chi connectivity index (χ0n) is 14.7.